The normalized spacial score (nSPS) is 12.5. The topological polar surface area (TPSA) is 68.5 Å². The number of hydrogen-bond acceptors (Lipinski definition) is 5. The van der Waals surface area contributed by atoms with E-state index in [1.807, 2.05) is 55.5 Å². The van der Waals surface area contributed by atoms with E-state index in [2.05, 4.69) is 30.9 Å². The summed E-state index contributed by atoms with van der Waals surface area (Å²) in [6.45, 7) is 10.5. The first kappa shape index (κ1) is 21.6. The highest BCUT2D eigenvalue weighted by Gasteiger charge is 2.22. The summed E-state index contributed by atoms with van der Waals surface area (Å²) in [5.74, 6) is 1.39. The Morgan fingerprint density at radius 3 is 2.33 bits per heavy atom. The minimum atomic E-state index is -0.630. The SMILES string of the molecule is Cc1ccc(-c2noc(CN(C)C(=O)[C@@H](C)Oc3ccc(C(C)(C)C)cc3)n2)cc1. The van der Waals surface area contributed by atoms with Crippen LogP contribution in [0.3, 0.4) is 0 Å². The molecular formula is C24H29N3O3. The van der Waals surface area contributed by atoms with Gasteiger partial charge in [-0.2, -0.15) is 4.98 Å². The molecule has 0 saturated heterocycles. The molecule has 2 aromatic carbocycles. The molecule has 0 fully saturated rings. The number of likely N-dealkylation sites (N-methyl/N-ethyl adjacent to an activating group) is 1. The number of carbonyl (C=O) groups is 1. The van der Waals surface area contributed by atoms with Crippen LogP contribution in [0, 0.1) is 6.92 Å². The van der Waals surface area contributed by atoms with Crippen LogP contribution in [0.4, 0.5) is 0 Å². The van der Waals surface area contributed by atoms with Crippen LogP contribution in [-0.4, -0.2) is 34.1 Å². The van der Waals surface area contributed by atoms with Gasteiger partial charge in [0.25, 0.3) is 5.91 Å². The standard InChI is InChI=1S/C24H29N3O3/c1-16-7-9-18(10-8-16)22-25-21(30-26-22)15-27(6)23(28)17(2)29-20-13-11-19(12-14-20)24(3,4)5/h7-14,17H,15H2,1-6H3/t17-/m1/s1. The Bertz CT molecular complexity index is 986. The fourth-order valence-corrected chi connectivity index (χ4v) is 3.02. The van der Waals surface area contributed by atoms with Crippen LogP contribution in [0.2, 0.25) is 0 Å². The Morgan fingerprint density at radius 1 is 1.10 bits per heavy atom. The molecule has 1 atom stereocenters. The minimum absolute atomic E-state index is 0.0711. The number of carbonyl (C=O) groups excluding carboxylic acids is 1. The summed E-state index contributed by atoms with van der Waals surface area (Å²) < 4.78 is 11.1. The molecule has 3 aromatic rings. The molecule has 1 aromatic heterocycles. The highest BCUT2D eigenvalue weighted by Crippen LogP contribution is 2.25. The predicted molar refractivity (Wildman–Crippen MR) is 116 cm³/mol. The maximum absolute atomic E-state index is 12.7. The molecule has 0 radical (unpaired) electrons. The third kappa shape index (κ3) is 5.26. The second-order valence-corrected chi connectivity index (χ2v) is 8.61. The van der Waals surface area contributed by atoms with E-state index in [9.17, 15) is 4.79 Å². The number of benzene rings is 2. The monoisotopic (exact) mass is 407 g/mol. The van der Waals surface area contributed by atoms with Crippen molar-refractivity contribution >= 4 is 5.91 Å². The summed E-state index contributed by atoms with van der Waals surface area (Å²) in [4.78, 5) is 18.6. The number of aryl methyl sites for hydroxylation is 1. The minimum Gasteiger partial charge on any atom is -0.481 e. The van der Waals surface area contributed by atoms with Crippen LogP contribution in [0.15, 0.2) is 53.1 Å². The fourth-order valence-electron chi connectivity index (χ4n) is 3.02. The van der Waals surface area contributed by atoms with Gasteiger partial charge in [-0.15, -0.1) is 0 Å². The van der Waals surface area contributed by atoms with Gasteiger partial charge in [0.2, 0.25) is 11.7 Å². The molecule has 1 amide bonds. The number of nitrogens with zero attached hydrogens (tertiary/aromatic N) is 3. The maximum Gasteiger partial charge on any atom is 0.263 e. The van der Waals surface area contributed by atoms with Crippen molar-refractivity contribution in [3.05, 3.63) is 65.5 Å². The number of hydrogen-bond donors (Lipinski definition) is 0. The maximum atomic E-state index is 12.7. The summed E-state index contributed by atoms with van der Waals surface area (Å²) in [5, 5.41) is 4.01. The van der Waals surface area contributed by atoms with Gasteiger partial charge in [0.15, 0.2) is 6.10 Å². The molecule has 30 heavy (non-hydrogen) atoms. The smallest absolute Gasteiger partial charge is 0.263 e. The summed E-state index contributed by atoms with van der Waals surface area (Å²) in [6.07, 6.45) is -0.630. The zero-order valence-electron chi connectivity index (χ0n) is 18.5. The molecule has 158 valence electrons. The van der Waals surface area contributed by atoms with E-state index < -0.39 is 6.10 Å². The Kier molecular flexibility index (Phi) is 6.25. The summed E-state index contributed by atoms with van der Waals surface area (Å²) >= 11 is 0. The van der Waals surface area contributed by atoms with Crippen molar-refractivity contribution in [3.8, 4) is 17.1 Å². The number of amides is 1. The molecule has 6 heteroatoms. The molecule has 0 bridgehead atoms. The van der Waals surface area contributed by atoms with Crippen molar-refractivity contribution in [2.45, 2.75) is 52.7 Å². The van der Waals surface area contributed by atoms with Crippen molar-refractivity contribution in [2.24, 2.45) is 0 Å². The third-order valence-electron chi connectivity index (χ3n) is 4.91. The highest BCUT2D eigenvalue weighted by molar-refractivity contribution is 5.80. The average molecular weight is 408 g/mol. The van der Waals surface area contributed by atoms with Gasteiger partial charge < -0.3 is 14.2 Å². The Balaban J connectivity index is 1.59. The lowest BCUT2D eigenvalue weighted by atomic mass is 9.87. The van der Waals surface area contributed by atoms with E-state index in [4.69, 9.17) is 9.26 Å². The summed E-state index contributed by atoms with van der Waals surface area (Å²) in [6, 6.07) is 15.7. The van der Waals surface area contributed by atoms with Crippen LogP contribution in [0.25, 0.3) is 11.4 Å². The van der Waals surface area contributed by atoms with Crippen LogP contribution in [0.5, 0.6) is 5.75 Å². The molecule has 0 N–H and O–H groups in total. The lowest BCUT2D eigenvalue weighted by molar-refractivity contribution is -0.137. The van der Waals surface area contributed by atoms with E-state index in [0.29, 0.717) is 17.5 Å². The van der Waals surface area contributed by atoms with E-state index in [0.717, 1.165) is 11.1 Å². The van der Waals surface area contributed by atoms with Crippen LogP contribution < -0.4 is 4.74 Å². The number of ether oxygens (including phenoxy) is 1. The molecule has 1 heterocycles. The Morgan fingerprint density at radius 2 is 1.73 bits per heavy atom. The van der Waals surface area contributed by atoms with Gasteiger partial charge in [-0.3, -0.25) is 4.79 Å². The fraction of sp³-hybridized carbons (Fsp3) is 0.375. The molecule has 0 saturated carbocycles. The zero-order valence-corrected chi connectivity index (χ0v) is 18.5. The first-order valence-corrected chi connectivity index (χ1v) is 10.1. The van der Waals surface area contributed by atoms with Crippen molar-refractivity contribution in [1.82, 2.24) is 15.0 Å². The van der Waals surface area contributed by atoms with Crippen molar-refractivity contribution in [2.75, 3.05) is 7.05 Å². The molecule has 0 unspecified atom stereocenters. The first-order valence-electron chi connectivity index (χ1n) is 10.1. The lowest BCUT2D eigenvalue weighted by Gasteiger charge is -2.22. The van der Waals surface area contributed by atoms with Crippen LogP contribution in [0.1, 0.15) is 44.7 Å². The molecule has 0 aliphatic rings. The zero-order chi connectivity index (χ0) is 21.9. The van der Waals surface area contributed by atoms with Crippen molar-refractivity contribution in [1.29, 1.82) is 0 Å². The van der Waals surface area contributed by atoms with Gasteiger partial charge in [-0.05, 0) is 37.0 Å². The van der Waals surface area contributed by atoms with Gasteiger partial charge >= 0.3 is 0 Å². The summed E-state index contributed by atoms with van der Waals surface area (Å²) in [5.41, 5.74) is 3.32. The molecule has 3 rings (SSSR count). The highest BCUT2D eigenvalue weighted by atomic mass is 16.5. The Labute approximate surface area is 177 Å². The quantitative estimate of drug-likeness (QED) is 0.589. The first-order chi connectivity index (χ1) is 14.1. The average Bonchev–Trinajstić information content (AvgIpc) is 3.16. The molecule has 0 spiro atoms. The van der Waals surface area contributed by atoms with Crippen LogP contribution >= 0.6 is 0 Å². The van der Waals surface area contributed by atoms with E-state index in [1.54, 1.807) is 14.0 Å². The number of aromatic nitrogens is 2. The van der Waals surface area contributed by atoms with Crippen molar-refractivity contribution in [3.63, 3.8) is 0 Å². The van der Waals surface area contributed by atoms with E-state index in [-0.39, 0.29) is 17.9 Å². The van der Waals surface area contributed by atoms with E-state index >= 15 is 0 Å². The van der Waals surface area contributed by atoms with Gasteiger partial charge in [0.05, 0.1) is 6.54 Å². The van der Waals surface area contributed by atoms with Gasteiger partial charge in [0, 0.05) is 12.6 Å². The largest absolute Gasteiger partial charge is 0.481 e. The number of rotatable bonds is 6. The predicted octanol–water partition coefficient (Wildman–Crippen LogP) is 4.77. The molecular weight excluding hydrogens is 378 g/mol. The molecule has 0 aliphatic carbocycles. The van der Waals surface area contributed by atoms with Crippen molar-refractivity contribution < 1.29 is 14.1 Å². The second kappa shape index (κ2) is 8.69. The molecule has 0 aliphatic heterocycles. The Hall–Kier alpha value is -3.15. The van der Waals surface area contributed by atoms with Gasteiger partial charge in [-0.1, -0.05) is 67.9 Å². The summed E-state index contributed by atoms with van der Waals surface area (Å²) in [7, 11) is 1.70. The van der Waals surface area contributed by atoms with E-state index in [1.165, 1.54) is 10.5 Å². The molecule has 6 nitrogen and oxygen atoms in total. The van der Waals surface area contributed by atoms with Crippen LogP contribution in [-0.2, 0) is 16.8 Å². The lowest BCUT2D eigenvalue weighted by Crippen LogP contribution is -2.37. The third-order valence-corrected chi connectivity index (χ3v) is 4.91. The second-order valence-electron chi connectivity index (χ2n) is 8.61. The van der Waals surface area contributed by atoms with Gasteiger partial charge in [0.1, 0.15) is 5.75 Å². The van der Waals surface area contributed by atoms with Gasteiger partial charge in [-0.25, -0.2) is 0 Å².